The second-order valence-corrected chi connectivity index (χ2v) is 8.40. The van der Waals surface area contributed by atoms with Crippen molar-refractivity contribution in [1.29, 1.82) is 0 Å². The van der Waals surface area contributed by atoms with E-state index in [0.717, 1.165) is 71.3 Å². The van der Waals surface area contributed by atoms with Crippen molar-refractivity contribution in [1.82, 2.24) is 19.9 Å². The zero-order chi connectivity index (χ0) is 21.5. The molecule has 3 aromatic heterocycles. The number of pyridine rings is 1. The highest BCUT2D eigenvalue weighted by molar-refractivity contribution is 6.01. The van der Waals surface area contributed by atoms with E-state index in [0.29, 0.717) is 12.0 Å². The van der Waals surface area contributed by atoms with Gasteiger partial charge in [0.05, 0.1) is 11.4 Å². The maximum absolute atomic E-state index is 11.1. The van der Waals surface area contributed by atoms with Crippen molar-refractivity contribution in [2.75, 3.05) is 16.0 Å². The standard InChI is InChI=1S/C24H23N7O/c32-13-18-2-1-15-11-17(5-6-20(15)27-18)29-24-30-22-21(23(31-24)28-16-3-4-16)19(12-26-22)14-7-9-25-10-8-14/h5-13,16,18,27H,1-4H2,(H3,26,28,29,30,31). The van der Waals surface area contributed by atoms with E-state index in [9.17, 15) is 4.79 Å². The number of carbonyl (C=O) groups excluding carboxylic acids is 1. The molecule has 1 unspecified atom stereocenters. The number of H-pyrrole nitrogens is 1. The predicted octanol–water partition coefficient (Wildman–Crippen LogP) is 4.26. The molecule has 0 bridgehead atoms. The van der Waals surface area contributed by atoms with Crippen molar-refractivity contribution < 1.29 is 4.79 Å². The van der Waals surface area contributed by atoms with Gasteiger partial charge in [0.1, 0.15) is 17.8 Å². The van der Waals surface area contributed by atoms with Gasteiger partial charge < -0.3 is 25.7 Å². The van der Waals surface area contributed by atoms with E-state index in [1.54, 1.807) is 12.4 Å². The SMILES string of the molecule is O=CC1CCc2cc(Nc3nc(NC4CC4)c4c(-c5ccncc5)c[nH]c4n3)ccc2N1. The minimum Gasteiger partial charge on any atom is -0.375 e. The summed E-state index contributed by atoms with van der Waals surface area (Å²) in [5, 5.41) is 11.2. The summed E-state index contributed by atoms with van der Waals surface area (Å²) in [6.45, 7) is 0. The second kappa shape index (κ2) is 7.64. The number of benzene rings is 1. The van der Waals surface area contributed by atoms with Crippen LogP contribution in [0.4, 0.5) is 23.1 Å². The Morgan fingerprint density at radius 3 is 2.75 bits per heavy atom. The number of aryl methyl sites for hydroxylation is 1. The number of nitrogens with one attached hydrogen (secondary N) is 4. The monoisotopic (exact) mass is 425 g/mol. The van der Waals surface area contributed by atoms with Gasteiger partial charge in [-0.1, -0.05) is 0 Å². The number of hydrogen-bond acceptors (Lipinski definition) is 7. The number of anilines is 4. The van der Waals surface area contributed by atoms with Gasteiger partial charge in [-0.2, -0.15) is 9.97 Å². The van der Waals surface area contributed by atoms with E-state index >= 15 is 0 Å². The van der Waals surface area contributed by atoms with Crippen LogP contribution in [0.3, 0.4) is 0 Å². The number of rotatable bonds is 6. The molecule has 1 saturated carbocycles. The number of fused-ring (bicyclic) bond motifs is 2. The molecule has 32 heavy (non-hydrogen) atoms. The van der Waals surface area contributed by atoms with Crippen LogP contribution in [-0.2, 0) is 11.2 Å². The Bertz CT molecular complexity index is 1300. The summed E-state index contributed by atoms with van der Waals surface area (Å²) >= 11 is 0. The fourth-order valence-corrected chi connectivity index (χ4v) is 4.21. The lowest BCUT2D eigenvalue weighted by Crippen LogP contribution is -2.26. The fraction of sp³-hybridized carbons (Fsp3) is 0.250. The molecule has 4 aromatic rings. The molecule has 1 fully saturated rings. The molecule has 0 amide bonds. The summed E-state index contributed by atoms with van der Waals surface area (Å²) in [7, 11) is 0. The molecule has 2 aliphatic rings. The summed E-state index contributed by atoms with van der Waals surface area (Å²) in [5.74, 6) is 1.37. The molecule has 0 spiro atoms. The van der Waals surface area contributed by atoms with E-state index < -0.39 is 0 Å². The molecule has 8 heteroatoms. The molecule has 1 aromatic carbocycles. The predicted molar refractivity (Wildman–Crippen MR) is 125 cm³/mol. The lowest BCUT2D eigenvalue weighted by Gasteiger charge is -2.23. The largest absolute Gasteiger partial charge is 0.375 e. The molecule has 0 radical (unpaired) electrons. The fourth-order valence-electron chi connectivity index (χ4n) is 4.21. The van der Waals surface area contributed by atoms with E-state index in [2.05, 4.69) is 32.0 Å². The Balaban J connectivity index is 1.36. The molecule has 1 atom stereocenters. The number of nitrogens with zero attached hydrogens (tertiary/aromatic N) is 3. The van der Waals surface area contributed by atoms with Gasteiger partial charge in [-0.3, -0.25) is 4.98 Å². The maximum atomic E-state index is 11.1. The Morgan fingerprint density at radius 2 is 1.94 bits per heavy atom. The summed E-state index contributed by atoms with van der Waals surface area (Å²) < 4.78 is 0. The van der Waals surface area contributed by atoms with Crippen LogP contribution in [0.25, 0.3) is 22.2 Å². The second-order valence-electron chi connectivity index (χ2n) is 8.40. The van der Waals surface area contributed by atoms with Crippen molar-refractivity contribution in [3.63, 3.8) is 0 Å². The summed E-state index contributed by atoms with van der Waals surface area (Å²) in [4.78, 5) is 28.1. The third kappa shape index (κ3) is 3.53. The number of aromatic nitrogens is 4. The minimum atomic E-state index is -0.106. The summed E-state index contributed by atoms with van der Waals surface area (Å²) in [5.41, 5.74) is 6.04. The van der Waals surface area contributed by atoms with E-state index in [-0.39, 0.29) is 6.04 Å². The number of hydrogen-bond donors (Lipinski definition) is 4. The van der Waals surface area contributed by atoms with E-state index in [4.69, 9.17) is 9.97 Å². The van der Waals surface area contributed by atoms with Gasteiger partial charge in [0.2, 0.25) is 5.95 Å². The molecule has 6 rings (SSSR count). The van der Waals surface area contributed by atoms with Crippen LogP contribution in [0.15, 0.2) is 48.9 Å². The molecular weight excluding hydrogens is 402 g/mol. The Kier molecular flexibility index (Phi) is 4.49. The average molecular weight is 425 g/mol. The molecule has 4 N–H and O–H groups in total. The topological polar surface area (TPSA) is 108 Å². The van der Waals surface area contributed by atoms with E-state index in [1.165, 1.54) is 5.56 Å². The van der Waals surface area contributed by atoms with Crippen LogP contribution in [0.2, 0.25) is 0 Å². The summed E-state index contributed by atoms with van der Waals surface area (Å²) in [6.07, 6.45) is 10.5. The molecule has 1 aliphatic heterocycles. The highest BCUT2D eigenvalue weighted by Crippen LogP contribution is 2.36. The van der Waals surface area contributed by atoms with Gasteiger partial charge in [0, 0.05) is 41.6 Å². The Morgan fingerprint density at radius 1 is 1.06 bits per heavy atom. The molecule has 8 nitrogen and oxygen atoms in total. The quantitative estimate of drug-likeness (QED) is 0.342. The lowest BCUT2D eigenvalue weighted by molar-refractivity contribution is -0.108. The van der Waals surface area contributed by atoms with Crippen LogP contribution in [0.5, 0.6) is 0 Å². The first-order valence-electron chi connectivity index (χ1n) is 10.9. The molecule has 4 heterocycles. The van der Waals surface area contributed by atoms with Crippen LogP contribution in [-0.4, -0.2) is 38.3 Å². The molecular formula is C24H23N7O. The van der Waals surface area contributed by atoms with Gasteiger partial charge in [0.25, 0.3) is 0 Å². The molecule has 1 aliphatic carbocycles. The zero-order valence-corrected chi connectivity index (χ0v) is 17.4. The minimum absolute atomic E-state index is 0.106. The van der Waals surface area contributed by atoms with E-state index in [1.807, 2.05) is 30.5 Å². The van der Waals surface area contributed by atoms with Gasteiger partial charge in [-0.15, -0.1) is 0 Å². The number of aromatic amines is 1. The third-order valence-corrected chi connectivity index (χ3v) is 6.03. The van der Waals surface area contributed by atoms with Gasteiger partial charge >= 0.3 is 0 Å². The molecule has 0 saturated heterocycles. The van der Waals surface area contributed by atoms with Gasteiger partial charge in [-0.05, 0) is 67.1 Å². The van der Waals surface area contributed by atoms with Gasteiger partial charge in [-0.25, -0.2) is 0 Å². The van der Waals surface area contributed by atoms with Crippen molar-refractivity contribution in [3.8, 4) is 11.1 Å². The Labute approximate surface area is 184 Å². The van der Waals surface area contributed by atoms with Gasteiger partial charge in [0.15, 0.2) is 0 Å². The van der Waals surface area contributed by atoms with Crippen molar-refractivity contribution >= 4 is 40.5 Å². The van der Waals surface area contributed by atoms with Crippen LogP contribution in [0, 0.1) is 0 Å². The third-order valence-electron chi connectivity index (χ3n) is 6.03. The first-order chi connectivity index (χ1) is 15.8. The first kappa shape index (κ1) is 18.8. The van der Waals surface area contributed by atoms with Crippen LogP contribution >= 0.6 is 0 Å². The maximum Gasteiger partial charge on any atom is 0.231 e. The highest BCUT2D eigenvalue weighted by atomic mass is 16.1. The Hall–Kier alpha value is -3.94. The number of aldehydes is 1. The normalized spacial score (nSPS) is 17.4. The van der Waals surface area contributed by atoms with Crippen LogP contribution in [0.1, 0.15) is 24.8 Å². The molecule has 160 valence electrons. The zero-order valence-electron chi connectivity index (χ0n) is 17.4. The summed E-state index contributed by atoms with van der Waals surface area (Å²) in [6, 6.07) is 10.4. The number of carbonyl (C=O) groups is 1. The van der Waals surface area contributed by atoms with Crippen molar-refractivity contribution in [2.45, 2.75) is 37.8 Å². The highest BCUT2D eigenvalue weighted by Gasteiger charge is 2.25. The lowest BCUT2D eigenvalue weighted by atomic mass is 9.98. The van der Waals surface area contributed by atoms with Crippen molar-refractivity contribution in [3.05, 3.63) is 54.5 Å². The smallest absolute Gasteiger partial charge is 0.231 e. The first-order valence-corrected chi connectivity index (χ1v) is 10.9. The van der Waals surface area contributed by atoms with Crippen molar-refractivity contribution in [2.24, 2.45) is 0 Å². The van der Waals surface area contributed by atoms with Crippen LogP contribution < -0.4 is 16.0 Å². The average Bonchev–Trinajstić information content (AvgIpc) is 3.54.